The lowest BCUT2D eigenvalue weighted by Gasteiger charge is -2.34. The summed E-state index contributed by atoms with van der Waals surface area (Å²) in [6, 6.07) is 65.5. The fourth-order valence-electron chi connectivity index (χ4n) is 8.88. The van der Waals surface area contributed by atoms with Gasteiger partial charge in [-0.3, -0.25) is 4.57 Å². The van der Waals surface area contributed by atoms with Crippen molar-refractivity contribution in [1.29, 1.82) is 0 Å². The highest BCUT2D eigenvalue weighted by molar-refractivity contribution is 6.16. The van der Waals surface area contributed by atoms with Crippen molar-refractivity contribution < 1.29 is 0 Å². The molecule has 0 unspecified atom stereocenters. The molecule has 1 aliphatic rings. The van der Waals surface area contributed by atoms with Crippen LogP contribution < -0.4 is 4.90 Å². The van der Waals surface area contributed by atoms with Gasteiger partial charge in [-0.1, -0.05) is 127 Å². The molecule has 0 spiro atoms. The molecule has 0 saturated heterocycles. The fraction of sp³-hybridized carbons (Fsp3) is 0. The summed E-state index contributed by atoms with van der Waals surface area (Å²) in [6.07, 6.45) is 0. The molecule has 11 aromatic rings. The SMILES string of the molecule is c1ccc2cc3c(cc2c1)-c1cccc2cccc(c12)N3c1cc(-c2nc(-n3c4ccccc4c4ccccc43)c3ccccc3n2)c2ccccc2c1. The van der Waals surface area contributed by atoms with E-state index in [1.54, 1.807) is 0 Å². The first kappa shape index (κ1) is 29.3. The maximum Gasteiger partial charge on any atom is 0.162 e. The van der Waals surface area contributed by atoms with E-state index in [1.807, 2.05) is 0 Å². The maximum atomic E-state index is 5.54. The van der Waals surface area contributed by atoms with Crippen LogP contribution in [0, 0.1) is 0 Å². The second kappa shape index (κ2) is 11.1. The zero-order valence-corrected chi connectivity index (χ0v) is 29.1. The summed E-state index contributed by atoms with van der Waals surface area (Å²) in [6.45, 7) is 0. The average molecular weight is 687 g/mol. The first-order valence-electron chi connectivity index (χ1n) is 18.4. The summed E-state index contributed by atoms with van der Waals surface area (Å²) in [7, 11) is 0. The van der Waals surface area contributed by atoms with Crippen molar-refractivity contribution in [1.82, 2.24) is 14.5 Å². The Morgan fingerprint density at radius 3 is 1.76 bits per heavy atom. The van der Waals surface area contributed by atoms with E-state index in [4.69, 9.17) is 9.97 Å². The molecule has 0 radical (unpaired) electrons. The molecule has 12 rings (SSSR count). The molecule has 0 amide bonds. The Bertz CT molecular complexity index is 3300. The van der Waals surface area contributed by atoms with E-state index in [0.29, 0.717) is 5.82 Å². The van der Waals surface area contributed by atoms with Crippen molar-refractivity contribution in [2.45, 2.75) is 0 Å². The van der Waals surface area contributed by atoms with Crippen molar-refractivity contribution in [3.8, 4) is 28.3 Å². The van der Waals surface area contributed by atoms with Gasteiger partial charge < -0.3 is 4.90 Å². The van der Waals surface area contributed by atoms with Crippen LogP contribution >= 0.6 is 0 Å². The van der Waals surface area contributed by atoms with Crippen LogP contribution in [0.3, 0.4) is 0 Å². The highest BCUT2D eigenvalue weighted by atomic mass is 15.2. The summed E-state index contributed by atoms with van der Waals surface area (Å²) in [5, 5.41) is 10.6. The average Bonchev–Trinajstić information content (AvgIpc) is 3.57. The van der Waals surface area contributed by atoms with Gasteiger partial charge in [0.25, 0.3) is 0 Å². The van der Waals surface area contributed by atoms with Crippen LogP contribution in [-0.4, -0.2) is 14.5 Å². The molecule has 250 valence electrons. The van der Waals surface area contributed by atoms with Crippen LogP contribution in [0.15, 0.2) is 182 Å². The lowest BCUT2D eigenvalue weighted by molar-refractivity contribution is 1.08. The van der Waals surface area contributed by atoms with Crippen LogP contribution in [0.25, 0.3) is 93.4 Å². The first-order chi connectivity index (χ1) is 26.8. The minimum absolute atomic E-state index is 0.693. The molecule has 54 heavy (non-hydrogen) atoms. The molecule has 9 aromatic carbocycles. The number of para-hydroxylation sites is 3. The third kappa shape index (κ3) is 4.13. The summed E-state index contributed by atoms with van der Waals surface area (Å²) in [5.74, 6) is 1.56. The van der Waals surface area contributed by atoms with Crippen molar-refractivity contribution in [2.24, 2.45) is 0 Å². The van der Waals surface area contributed by atoms with Gasteiger partial charge in [0, 0.05) is 38.4 Å². The number of hydrogen-bond acceptors (Lipinski definition) is 3. The minimum atomic E-state index is 0.693. The molecule has 3 heterocycles. The molecule has 0 saturated carbocycles. The van der Waals surface area contributed by atoms with Crippen LogP contribution in [0.2, 0.25) is 0 Å². The van der Waals surface area contributed by atoms with E-state index in [-0.39, 0.29) is 0 Å². The monoisotopic (exact) mass is 686 g/mol. The zero-order chi connectivity index (χ0) is 35.3. The molecule has 4 heteroatoms. The van der Waals surface area contributed by atoms with Gasteiger partial charge in [-0.2, -0.15) is 0 Å². The predicted octanol–water partition coefficient (Wildman–Crippen LogP) is 13.3. The van der Waals surface area contributed by atoms with Gasteiger partial charge in [0.15, 0.2) is 5.82 Å². The Morgan fingerprint density at radius 1 is 0.370 bits per heavy atom. The predicted molar refractivity (Wildman–Crippen MR) is 226 cm³/mol. The molecule has 0 atom stereocenters. The van der Waals surface area contributed by atoms with E-state index >= 15 is 0 Å². The largest absolute Gasteiger partial charge is 0.309 e. The number of nitrogens with zero attached hydrogens (tertiary/aromatic N) is 4. The molecule has 0 aliphatic carbocycles. The number of hydrogen-bond donors (Lipinski definition) is 0. The second-order valence-corrected chi connectivity index (χ2v) is 14.2. The number of benzene rings is 9. The summed E-state index contributed by atoms with van der Waals surface area (Å²) in [5.41, 5.74) is 10.0. The maximum absolute atomic E-state index is 5.54. The number of anilines is 3. The molecule has 0 N–H and O–H groups in total. The molecule has 1 aliphatic heterocycles. The minimum Gasteiger partial charge on any atom is -0.309 e. The first-order valence-corrected chi connectivity index (χ1v) is 18.4. The van der Waals surface area contributed by atoms with Gasteiger partial charge in [0.2, 0.25) is 0 Å². The highest BCUT2D eigenvalue weighted by Crippen LogP contribution is 2.52. The molecular formula is C50H30N4. The molecule has 4 nitrogen and oxygen atoms in total. The van der Waals surface area contributed by atoms with E-state index in [9.17, 15) is 0 Å². The van der Waals surface area contributed by atoms with E-state index in [2.05, 4.69) is 191 Å². The summed E-state index contributed by atoms with van der Waals surface area (Å²) >= 11 is 0. The highest BCUT2D eigenvalue weighted by Gasteiger charge is 2.28. The van der Waals surface area contributed by atoms with Crippen molar-refractivity contribution in [3.63, 3.8) is 0 Å². The quantitative estimate of drug-likeness (QED) is 0.185. The van der Waals surface area contributed by atoms with Gasteiger partial charge >= 0.3 is 0 Å². The number of aromatic nitrogens is 3. The van der Waals surface area contributed by atoms with Crippen molar-refractivity contribution in [3.05, 3.63) is 182 Å². The van der Waals surface area contributed by atoms with Gasteiger partial charge in [-0.25, -0.2) is 9.97 Å². The van der Waals surface area contributed by atoms with Crippen LogP contribution in [0.4, 0.5) is 17.1 Å². The Labute approximate surface area is 310 Å². The van der Waals surface area contributed by atoms with E-state index < -0.39 is 0 Å². The van der Waals surface area contributed by atoms with E-state index in [1.165, 1.54) is 43.4 Å². The molecule has 0 bridgehead atoms. The Kier molecular flexibility index (Phi) is 6.02. The third-order valence-corrected chi connectivity index (χ3v) is 11.2. The zero-order valence-electron chi connectivity index (χ0n) is 29.1. The normalized spacial score (nSPS) is 12.4. The van der Waals surface area contributed by atoms with Crippen LogP contribution in [0.5, 0.6) is 0 Å². The van der Waals surface area contributed by atoms with Crippen molar-refractivity contribution in [2.75, 3.05) is 4.90 Å². The number of rotatable bonds is 3. The van der Waals surface area contributed by atoms with Crippen LogP contribution in [-0.2, 0) is 0 Å². The third-order valence-electron chi connectivity index (χ3n) is 11.2. The lowest BCUT2D eigenvalue weighted by atomic mass is 9.89. The summed E-state index contributed by atoms with van der Waals surface area (Å²) < 4.78 is 2.31. The van der Waals surface area contributed by atoms with Crippen molar-refractivity contribution >= 4 is 82.1 Å². The van der Waals surface area contributed by atoms with Gasteiger partial charge in [0.05, 0.1) is 27.9 Å². The topological polar surface area (TPSA) is 34.0 Å². The van der Waals surface area contributed by atoms with Gasteiger partial charge in [-0.05, 0) is 87.1 Å². The fourth-order valence-corrected chi connectivity index (χ4v) is 8.88. The standard InChI is InChI=1S/C50H30N4/c1-2-14-33-29-47-41(28-32(33)13-1)39-22-11-16-31-17-12-26-46(48(31)39)53(47)35-27-34-15-3-4-18-36(34)42(30-35)49-51-43-23-8-5-21-40(43)50(52-49)54-44-24-9-6-19-37(44)38-20-7-10-25-45(38)54/h1-30H. The Morgan fingerprint density at radius 2 is 0.981 bits per heavy atom. The molecular weight excluding hydrogens is 657 g/mol. The Hall–Kier alpha value is -7.30. The number of fused-ring (bicyclic) bond motifs is 8. The van der Waals surface area contributed by atoms with Crippen LogP contribution in [0.1, 0.15) is 0 Å². The molecule has 2 aromatic heterocycles. The summed E-state index contributed by atoms with van der Waals surface area (Å²) in [4.78, 5) is 13.3. The second-order valence-electron chi connectivity index (χ2n) is 14.2. The van der Waals surface area contributed by atoms with Gasteiger partial charge in [0.1, 0.15) is 5.82 Å². The lowest BCUT2D eigenvalue weighted by Crippen LogP contribution is -2.15. The smallest absolute Gasteiger partial charge is 0.162 e. The van der Waals surface area contributed by atoms with E-state index in [0.717, 1.165) is 61.2 Å². The van der Waals surface area contributed by atoms with Gasteiger partial charge in [-0.15, -0.1) is 0 Å². The molecule has 0 fully saturated rings. The Balaban J connectivity index is 1.17.